The predicted octanol–water partition coefficient (Wildman–Crippen LogP) is 2.97. The van der Waals surface area contributed by atoms with Crippen LogP contribution >= 0.6 is 0 Å². The molecule has 18 heavy (non-hydrogen) atoms. The summed E-state index contributed by atoms with van der Waals surface area (Å²) in [7, 11) is 0. The van der Waals surface area contributed by atoms with Crippen molar-refractivity contribution in [1.29, 1.82) is 0 Å². The molecule has 1 heterocycles. The molecule has 0 amide bonds. The second kappa shape index (κ2) is 6.25. The van der Waals surface area contributed by atoms with Gasteiger partial charge in [0.25, 0.3) is 0 Å². The van der Waals surface area contributed by atoms with Crippen molar-refractivity contribution in [2.45, 2.75) is 32.5 Å². The van der Waals surface area contributed by atoms with Gasteiger partial charge in [-0.15, -0.1) is 0 Å². The summed E-state index contributed by atoms with van der Waals surface area (Å²) < 4.78 is 31.8. The van der Waals surface area contributed by atoms with E-state index in [0.29, 0.717) is 5.56 Å². The van der Waals surface area contributed by atoms with Crippen molar-refractivity contribution in [3.8, 4) is 0 Å². The average Bonchev–Trinajstić information content (AvgIpc) is 2.38. The standard InChI is InChI=1S/C14H19F2NO/c1-2-17-7-5-13(6-8-17)18-10-11-3-4-12(15)9-14(11)16/h3-4,9,13H,2,5-8,10H2,1H3. The maximum atomic E-state index is 13.4. The number of hydrogen-bond donors (Lipinski definition) is 0. The molecule has 1 saturated heterocycles. The highest BCUT2D eigenvalue weighted by molar-refractivity contribution is 5.17. The highest BCUT2D eigenvalue weighted by Crippen LogP contribution is 2.17. The second-order valence-corrected chi connectivity index (χ2v) is 4.68. The van der Waals surface area contributed by atoms with Crippen LogP contribution in [0.1, 0.15) is 25.3 Å². The number of piperidine rings is 1. The minimum Gasteiger partial charge on any atom is -0.373 e. The molecule has 1 aromatic carbocycles. The Morgan fingerprint density at radius 2 is 2.00 bits per heavy atom. The molecule has 1 aliphatic heterocycles. The first-order valence-electron chi connectivity index (χ1n) is 6.47. The van der Waals surface area contributed by atoms with Gasteiger partial charge in [0.05, 0.1) is 12.7 Å². The van der Waals surface area contributed by atoms with Crippen LogP contribution in [-0.4, -0.2) is 30.6 Å². The smallest absolute Gasteiger partial charge is 0.131 e. The average molecular weight is 255 g/mol. The lowest BCUT2D eigenvalue weighted by molar-refractivity contribution is -0.00250. The lowest BCUT2D eigenvalue weighted by atomic mass is 10.1. The van der Waals surface area contributed by atoms with Crippen LogP contribution in [0.25, 0.3) is 0 Å². The van der Waals surface area contributed by atoms with Crippen LogP contribution in [0, 0.1) is 11.6 Å². The van der Waals surface area contributed by atoms with E-state index in [1.54, 1.807) is 0 Å². The Hall–Kier alpha value is -1.00. The van der Waals surface area contributed by atoms with E-state index in [-0.39, 0.29) is 12.7 Å². The zero-order valence-electron chi connectivity index (χ0n) is 10.7. The Morgan fingerprint density at radius 1 is 1.28 bits per heavy atom. The molecule has 100 valence electrons. The third-order valence-electron chi connectivity index (χ3n) is 3.47. The summed E-state index contributed by atoms with van der Waals surface area (Å²) in [6.07, 6.45) is 2.16. The molecule has 0 aliphatic carbocycles. The van der Waals surface area contributed by atoms with Crippen LogP contribution in [0.2, 0.25) is 0 Å². The van der Waals surface area contributed by atoms with E-state index in [1.807, 2.05) is 0 Å². The summed E-state index contributed by atoms with van der Waals surface area (Å²) >= 11 is 0. The number of halogens is 2. The summed E-state index contributed by atoms with van der Waals surface area (Å²) in [5.41, 5.74) is 0.425. The molecule has 0 radical (unpaired) electrons. The van der Waals surface area contributed by atoms with Gasteiger partial charge in [-0.1, -0.05) is 13.0 Å². The maximum Gasteiger partial charge on any atom is 0.131 e. The molecule has 0 bridgehead atoms. The van der Waals surface area contributed by atoms with Gasteiger partial charge >= 0.3 is 0 Å². The van der Waals surface area contributed by atoms with E-state index >= 15 is 0 Å². The van der Waals surface area contributed by atoms with Crippen LogP contribution in [0.5, 0.6) is 0 Å². The molecule has 0 atom stereocenters. The van der Waals surface area contributed by atoms with Crippen LogP contribution in [0.3, 0.4) is 0 Å². The molecule has 2 rings (SSSR count). The Bertz CT molecular complexity index is 389. The van der Waals surface area contributed by atoms with Crippen molar-refractivity contribution in [1.82, 2.24) is 4.90 Å². The summed E-state index contributed by atoms with van der Waals surface area (Å²) in [4.78, 5) is 2.37. The van der Waals surface area contributed by atoms with Crippen molar-refractivity contribution in [3.63, 3.8) is 0 Å². The second-order valence-electron chi connectivity index (χ2n) is 4.68. The number of benzene rings is 1. The maximum absolute atomic E-state index is 13.4. The molecular weight excluding hydrogens is 236 g/mol. The third kappa shape index (κ3) is 3.50. The van der Waals surface area contributed by atoms with Crippen LogP contribution in [0.15, 0.2) is 18.2 Å². The van der Waals surface area contributed by atoms with E-state index in [9.17, 15) is 8.78 Å². The van der Waals surface area contributed by atoms with Gasteiger partial charge in [-0.3, -0.25) is 0 Å². The Morgan fingerprint density at radius 3 is 2.61 bits per heavy atom. The quantitative estimate of drug-likeness (QED) is 0.820. The summed E-state index contributed by atoms with van der Waals surface area (Å²) in [6, 6.07) is 3.62. The topological polar surface area (TPSA) is 12.5 Å². The highest BCUT2D eigenvalue weighted by atomic mass is 19.1. The van der Waals surface area contributed by atoms with Crippen molar-refractivity contribution in [2.75, 3.05) is 19.6 Å². The molecule has 0 saturated carbocycles. The van der Waals surface area contributed by atoms with Crippen LogP contribution in [0.4, 0.5) is 8.78 Å². The number of nitrogens with zero attached hydrogens (tertiary/aromatic N) is 1. The van der Waals surface area contributed by atoms with Crippen molar-refractivity contribution in [3.05, 3.63) is 35.4 Å². The van der Waals surface area contributed by atoms with E-state index in [0.717, 1.165) is 38.5 Å². The van der Waals surface area contributed by atoms with Gasteiger partial charge in [0.1, 0.15) is 11.6 Å². The Balaban J connectivity index is 1.81. The van der Waals surface area contributed by atoms with E-state index in [4.69, 9.17) is 4.74 Å². The molecule has 2 nitrogen and oxygen atoms in total. The number of rotatable bonds is 4. The van der Waals surface area contributed by atoms with E-state index < -0.39 is 11.6 Å². The fourth-order valence-corrected chi connectivity index (χ4v) is 2.24. The lowest BCUT2D eigenvalue weighted by Crippen LogP contribution is -2.36. The SMILES string of the molecule is CCN1CCC(OCc2ccc(F)cc2F)CC1. The van der Waals surface area contributed by atoms with Gasteiger partial charge in [-0.05, 0) is 25.5 Å². The summed E-state index contributed by atoms with van der Waals surface area (Å²) in [5, 5.41) is 0. The Kier molecular flexibility index (Phi) is 4.66. The monoisotopic (exact) mass is 255 g/mol. The third-order valence-corrected chi connectivity index (χ3v) is 3.47. The zero-order chi connectivity index (χ0) is 13.0. The lowest BCUT2D eigenvalue weighted by Gasteiger charge is -2.30. The molecule has 0 spiro atoms. The summed E-state index contributed by atoms with van der Waals surface area (Å²) in [6.45, 7) is 5.51. The number of ether oxygens (including phenoxy) is 1. The largest absolute Gasteiger partial charge is 0.373 e. The molecule has 1 aromatic rings. The molecule has 0 N–H and O–H groups in total. The zero-order valence-corrected chi connectivity index (χ0v) is 10.7. The first kappa shape index (κ1) is 13.4. The molecular formula is C14H19F2NO. The van der Waals surface area contributed by atoms with Crippen LogP contribution < -0.4 is 0 Å². The first-order valence-corrected chi connectivity index (χ1v) is 6.47. The minimum atomic E-state index is -0.549. The van der Waals surface area contributed by atoms with E-state index in [1.165, 1.54) is 12.1 Å². The predicted molar refractivity (Wildman–Crippen MR) is 66.3 cm³/mol. The molecule has 1 fully saturated rings. The van der Waals surface area contributed by atoms with Gasteiger partial charge in [-0.25, -0.2) is 8.78 Å². The fraction of sp³-hybridized carbons (Fsp3) is 0.571. The van der Waals surface area contributed by atoms with Crippen molar-refractivity contribution < 1.29 is 13.5 Å². The number of likely N-dealkylation sites (tertiary alicyclic amines) is 1. The first-order chi connectivity index (χ1) is 8.69. The molecule has 0 aromatic heterocycles. The van der Waals surface area contributed by atoms with Gasteiger partial charge < -0.3 is 9.64 Å². The minimum absolute atomic E-state index is 0.192. The van der Waals surface area contributed by atoms with Gasteiger partial charge in [0.15, 0.2) is 0 Å². The summed E-state index contributed by atoms with van der Waals surface area (Å²) in [5.74, 6) is -1.08. The molecule has 1 aliphatic rings. The van der Waals surface area contributed by atoms with Crippen molar-refractivity contribution in [2.24, 2.45) is 0 Å². The number of hydrogen-bond acceptors (Lipinski definition) is 2. The molecule has 0 unspecified atom stereocenters. The van der Waals surface area contributed by atoms with Gasteiger partial charge in [-0.2, -0.15) is 0 Å². The molecule has 4 heteroatoms. The Labute approximate surface area is 107 Å². The normalized spacial score (nSPS) is 18.2. The van der Waals surface area contributed by atoms with Crippen LogP contribution in [-0.2, 0) is 11.3 Å². The van der Waals surface area contributed by atoms with Crippen molar-refractivity contribution >= 4 is 0 Å². The fourth-order valence-electron chi connectivity index (χ4n) is 2.24. The van der Waals surface area contributed by atoms with Gasteiger partial charge in [0, 0.05) is 24.7 Å². The highest BCUT2D eigenvalue weighted by Gasteiger charge is 2.18. The van der Waals surface area contributed by atoms with Gasteiger partial charge in [0.2, 0.25) is 0 Å². The van der Waals surface area contributed by atoms with E-state index in [2.05, 4.69) is 11.8 Å².